The molecule has 5 heteroatoms. The van der Waals surface area contributed by atoms with Gasteiger partial charge in [0.05, 0.1) is 5.69 Å². The van der Waals surface area contributed by atoms with E-state index in [4.69, 9.17) is 11.5 Å². The number of amides is 1. The van der Waals surface area contributed by atoms with Gasteiger partial charge in [-0.05, 0) is 25.3 Å². The van der Waals surface area contributed by atoms with Gasteiger partial charge in [0.1, 0.15) is 4.88 Å². The molecule has 0 aliphatic carbocycles. The van der Waals surface area contributed by atoms with Crippen LogP contribution in [0.2, 0.25) is 0 Å². The van der Waals surface area contributed by atoms with Gasteiger partial charge in [-0.3, -0.25) is 4.79 Å². The molecular formula is C15H19N3OS. The number of piperidine rings is 1. The molecule has 2 aromatic rings. The van der Waals surface area contributed by atoms with Crippen LogP contribution in [0.3, 0.4) is 0 Å². The molecule has 0 bridgehead atoms. The van der Waals surface area contributed by atoms with Gasteiger partial charge < -0.3 is 16.4 Å². The molecule has 1 saturated heterocycles. The second-order valence-corrected chi connectivity index (χ2v) is 6.47. The number of thiophene rings is 1. The molecule has 0 radical (unpaired) electrons. The zero-order valence-electron chi connectivity index (χ0n) is 11.6. The Hall–Kier alpha value is -1.59. The summed E-state index contributed by atoms with van der Waals surface area (Å²) in [6, 6.07) is 6.09. The number of hydrogen-bond acceptors (Lipinski definition) is 4. The van der Waals surface area contributed by atoms with Gasteiger partial charge in [0, 0.05) is 29.2 Å². The van der Waals surface area contributed by atoms with E-state index in [9.17, 15) is 4.79 Å². The number of carbonyl (C=O) groups is 1. The molecule has 4 nitrogen and oxygen atoms in total. The lowest BCUT2D eigenvalue weighted by Gasteiger charge is -2.30. The summed E-state index contributed by atoms with van der Waals surface area (Å²) in [4.78, 5) is 15.1. The predicted molar refractivity (Wildman–Crippen MR) is 84.1 cm³/mol. The second kappa shape index (κ2) is 5.07. The third-order valence-corrected chi connectivity index (χ3v) is 5.23. The minimum absolute atomic E-state index is 0.0262. The van der Waals surface area contributed by atoms with Crippen molar-refractivity contribution >= 4 is 33.0 Å². The standard InChI is InChI=1S/C15H19N3OS/c1-9-4-2-6-11-12(17)14(20-13(9)11)15(19)18-7-3-5-10(16)8-18/h2,4,6,10H,3,5,7-8,16-17H2,1H3. The zero-order valence-corrected chi connectivity index (χ0v) is 12.4. The number of aryl methyl sites for hydroxylation is 1. The van der Waals surface area contributed by atoms with E-state index in [2.05, 4.69) is 0 Å². The lowest BCUT2D eigenvalue weighted by Crippen LogP contribution is -2.45. The van der Waals surface area contributed by atoms with Crippen molar-refractivity contribution in [3.63, 3.8) is 0 Å². The number of benzene rings is 1. The highest BCUT2D eigenvalue weighted by Crippen LogP contribution is 2.36. The van der Waals surface area contributed by atoms with Crippen LogP contribution in [0.25, 0.3) is 10.1 Å². The monoisotopic (exact) mass is 289 g/mol. The zero-order chi connectivity index (χ0) is 14.3. The Morgan fingerprint density at radius 2 is 2.25 bits per heavy atom. The maximum Gasteiger partial charge on any atom is 0.266 e. The fraction of sp³-hybridized carbons (Fsp3) is 0.400. The molecule has 1 aromatic carbocycles. The average molecular weight is 289 g/mol. The topological polar surface area (TPSA) is 72.4 Å². The van der Waals surface area contributed by atoms with Crippen molar-refractivity contribution < 1.29 is 4.79 Å². The molecule has 1 unspecified atom stereocenters. The van der Waals surface area contributed by atoms with E-state index in [1.54, 1.807) is 0 Å². The maximum absolute atomic E-state index is 12.6. The molecule has 1 amide bonds. The molecule has 1 aliphatic rings. The van der Waals surface area contributed by atoms with Crippen molar-refractivity contribution in [2.24, 2.45) is 5.73 Å². The number of anilines is 1. The number of carbonyl (C=O) groups excluding carboxylic acids is 1. The van der Waals surface area contributed by atoms with Crippen LogP contribution in [0.5, 0.6) is 0 Å². The van der Waals surface area contributed by atoms with E-state index in [0.717, 1.165) is 35.0 Å². The van der Waals surface area contributed by atoms with Crippen LogP contribution in [0.4, 0.5) is 5.69 Å². The Balaban J connectivity index is 1.99. The number of nitrogens with two attached hydrogens (primary N) is 2. The van der Waals surface area contributed by atoms with Crippen LogP contribution in [-0.2, 0) is 0 Å². The summed E-state index contributed by atoms with van der Waals surface area (Å²) in [6.07, 6.45) is 1.96. The first-order valence-electron chi connectivity index (χ1n) is 6.90. The number of rotatable bonds is 1. The van der Waals surface area contributed by atoms with E-state index in [1.165, 1.54) is 11.3 Å². The van der Waals surface area contributed by atoms with Crippen molar-refractivity contribution in [2.45, 2.75) is 25.8 Å². The van der Waals surface area contributed by atoms with Crippen molar-refractivity contribution in [1.82, 2.24) is 4.90 Å². The molecule has 1 aromatic heterocycles. The van der Waals surface area contributed by atoms with Gasteiger partial charge in [0.25, 0.3) is 5.91 Å². The quantitative estimate of drug-likeness (QED) is 0.846. The van der Waals surface area contributed by atoms with E-state index in [-0.39, 0.29) is 11.9 Å². The summed E-state index contributed by atoms with van der Waals surface area (Å²) in [5.41, 5.74) is 13.9. The normalized spacial score (nSPS) is 19.5. The van der Waals surface area contributed by atoms with Gasteiger partial charge in [-0.25, -0.2) is 0 Å². The van der Waals surface area contributed by atoms with Gasteiger partial charge in [0.2, 0.25) is 0 Å². The van der Waals surface area contributed by atoms with E-state index in [1.807, 2.05) is 30.0 Å². The molecule has 0 spiro atoms. The fourth-order valence-corrected chi connectivity index (χ4v) is 3.93. The van der Waals surface area contributed by atoms with Crippen LogP contribution in [-0.4, -0.2) is 29.9 Å². The molecular weight excluding hydrogens is 270 g/mol. The molecule has 4 N–H and O–H groups in total. The highest BCUT2D eigenvalue weighted by atomic mass is 32.1. The van der Waals surface area contributed by atoms with Crippen LogP contribution in [0, 0.1) is 6.92 Å². The van der Waals surface area contributed by atoms with E-state index < -0.39 is 0 Å². The summed E-state index contributed by atoms with van der Waals surface area (Å²) >= 11 is 1.50. The largest absolute Gasteiger partial charge is 0.397 e. The second-order valence-electron chi connectivity index (χ2n) is 5.45. The molecule has 1 fully saturated rings. The smallest absolute Gasteiger partial charge is 0.266 e. The van der Waals surface area contributed by atoms with Crippen LogP contribution >= 0.6 is 11.3 Å². The average Bonchev–Trinajstić information content (AvgIpc) is 2.77. The summed E-state index contributed by atoms with van der Waals surface area (Å²) in [7, 11) is 0. The predicted octanol–water partition coefficient (Wildman–Crippen LogP) is 2.36. The highest BCUT2D eigenvalue weighted by molar-refractivity contribution is 7.21. The van der Waals surface area contributed by atoms with Gasteiger partial charge in [-0.2, -0.15) is 0 Å². The lowest BCUT2D eigenvalue weighted by molar-refractivity contribution is 0.0715. The fourth-order valence-electron chi connectivity index (χ4n) is 2.78. The molecule has 1 aliphatic heterocycles. The number of fused-ring (bicyclic) bond motifs is 1. The van der Waals surface area contributed by atoms with Gasteiger partial charge in [-0.1, -0.05) is 18.2 Å². The van der Waals surface area contributed by atoms with Crippen molar-refractivity contribution in [3.8, 4) is 0 Å². The molecule has 106 valence electrons. The van der Waals surface area contributed by atoms with E-state index in [0.29, 0.717) is 17.1 Å². The molecule has 20 heavy (non-hydrogen) atoms. The number of hydrogen-bond donors (Lipinski definition) is 2. The lowest BCUT2D eigenvalue weighted by atomic mass is 10.1. The summed E-state index contributed by atoms with van der Waals surface area (Å²) < 4.78 is 1.11. The van der Waals surface area contributed by atoms with Crippen LogP contribution in [0.15, 0.2) is 18.2 Å². The SMILES string of the molecule is Cc1cccc2c(N)c(C(=O)N3CCCC(N)C3)sc12. The van der Waals surface area contributed by atoms with Crippen molar-refractivity contribution in [3.05, 3.63) is 28.6 Å². The van der Waals surface area contributed by atoms with Crippen molar-refractivity contribution in [2.75, 3.05) is 18.8 Å². The molecule has 3 rings (SSSR count). The third kappa shape index (κ3) is 2.17. The highest BCUT2D eigenvalue weighted by Gasteiger charge is 2.26. The van der Waals surface area contributed by atoms with Crippen LogP contribution in [0.1, 0.15) is 28.1 Å². The van der Waals surface area contributed by atoms with Gasteiger partial charge in [-0.15, -0.1) is 11.3 Å². The van der Waals surface area contributed by atoms with Gasteiger partial charge in [0.15, 0.2) is 0 Å². The summed E-state index contributed by atoms with van der Waals surface area (Å²) in [6.45, 7) is 3.45. The Labute approximate surface area is 122 Å². The van der Waals surface area contributed by atoms with Gasteiger partial charge >= 0.3 is 0 Å². The number of nitrogens with zero attached hydrogens (tertiary/aromatic N) is 1. The van der Waals surface area contributed by atoms with E-state index >= 15 is 0 Å². The number of likely N-dealkylation sites (tertiary alicyclic amines) is 1. The minimum Gasteiger partial charge on any atom is -0.397 e. The number of nitrogen functional groups attached to an aromatic ring is 1. The first-order chi connectivity index (χ1) is 9.58. The van der Waals surface area contributed by atoms with Crippen molar-refractivity contribution in [1.29, 1.82) is 0 Å². The first-order valence-corrected chi connectivity index (χ1v) is 7.72. The Kier molecular flexibility index (Phi) is 3.40. The third-order valence-electron chi connectivity index (χ3n) is 3.89. The minimum atomic E-state index is 0.0262. The molecule has 1 atom stereocenters. The Morgan fingerprint density at radius 1 is 1.45 bits per heavy atom. The Bertz CT molecular complexity index is 664. The maximum atomic E-state index is 12.6. The summed E-state index contributed by atoms with van der Waals surface area (Å²) in [5.74, 6) is 0.0262. The van der Waals surface area contributed by atoms with Crippen LogP contribution < -0.4 is 11.5 Å². The molecule has 0 saturated carbocycles. The molecule has 2 heterocycles. The Morgan fingerprint density at radius 3 is 2.95 bits per heavy atom. The summed E-state index contributed by atoms with van der Waals surface area (Å²) in [5, 5.41) is 0.986. The first kappa shape index (κ1) is 13.4.